The molecule has 2 N–H and O–H groups in total. The monoisotopic (exact) mass is 485 g/mol. The quantitative estimate of drug-likeness (QED) is 0.147. The molecule has 0 radical (unpaired) electrons. The fourth-order valence-electron chi connectivity index (χ4n) is 3.38. The lowest BCUT2D eigenvalue weighted by Gasteiger charge is -2.13. The van der Waals surface area contributed by atoms with Crippen LogP contribution >= 0.6 is 0 Å². The van der Waals surface area contributed by atoms with Crippen LogP contribution in [0.3, 0.4) is 0 Å². The maximum absolute atomic E-state index is 13.0. The van der Waals surface area contributed by atoms with E-state index in [0.717, 1.165) is 39.6 Å². The molecule has 0 aliphatic rings. The van der Waals surface area contributed by atoms with Gasteiger partial charge in [-0.3, -0.25) is 0 Å². The number of aryl methyl sites for hydroxylation is 1. The molecule has 0 unspecified atom stereocenters. The molecule has 0 spiro atoms. The van der Waals surface area contributed by atoms with Gasteiger partial charge in [0.05, 0.1) is 12.7 Å². The third-order valence-electron chi connectivity index (χ3n) is 5.45. The number of carbonyl (C=O) groups is 1. The van der Waals surface area contributed by atoms with Gasteiger partial charge in [-0.15, -0.1) is 0 Å². The zero-order valence-corrected chi connectivity index (χ0v) is 20.7. The lowest BCUT2D eigenvalue weighted by Crippen LogP contribution is -2.10. The Morgan fingerprint density at radius 2 is 1.69 bits per heavy atom. The molecule has 2 aromatic rings. The van der Waals surface area contributed by atoms with Gasteiger partial charge in [0.2, 0.25) is 0 Å². The summed E-state index contributed by atoms with van der Waals surface area (Å²) in [5, 5.41) is 0. The summed E-state index contributed by atoms with van der Waals surface area (Å²) in [5.74, 6) is -0.151. The summed E-state index contributed by atoms with van der Waals surface area (Å²) in [7, 11) is 1.66. The fourth-order valence-corrected chi connectivity index (χ4v) is 3.38. The van der Waals surface area contributed by atoms with E-state index >= 15 is 0 Å². The molecule has 2 rings (SSSR count). The van der Waals surface area contributed by atoms with E-state index in [0.29, 0.717) is 11.6 Å². The van der Waals surface area contributed by atoms with Gasteiger partial charge in [-0.2, -0.15) is 13.2 Å². The van der Waals surface area contributed by atoms with Gasteiger partial charge in [0.1, 0.15) is 11.5 Å². The second-order valence-corrected chi connectivity index (χ2v) is 8.22. The third kappa shape index (κ3) is 7.64. The normalized spacial score (nSPS) is 13.1. The topological polar surface area (TPSA) is 61.5 Å². The van der Waals surface area contributed by atoms with Gasteiger partial charge in [0, 0.05) is 11.8 Å². The molecule has 0 bridgehead atoms. The van der Waals surface area contributed by atoms with Crippen LogP contribution in [-0.2, 0) is 11.0 Å². The molecule has 0 aliphatic carbocycles. The number of anilines is 1. The van der Waals surface area contributed by atoms with Crippen LogP contribution in [-0.4, -0.2) is 13.1 Å². The Morgan fingerprint density at radius 1 is 1.00 bits per heavy atom. The van der Waals surface area contributed by atoms with E-state index < -0.39 is 23.4 Å². The standard InChI is InChI=1S/C28H30F3NO3/c1-17(10-12-23-19(3)15-26(34-6)21(5)20(23)4)8-7-9-18(2)14-27(33)35-22-11-13-25(32)24(16-22)28(29,30)31/h7-16H,32H2,1-6H3/b9-7+,12-10?,17-8+,18-14+. The predicted molar refractivity (Wildman–Crippen MR) is 134 cm³/mol. The maximum atomic E-state index is 13.0. The summed E-state index contributed by atoms with van der Waals surface area (Å²) >= 11 is 0. The van der Waals surface area contributed by atoms with Crippen LogP contribution in [0, 0.1) is 20.8 Å². The molecule has 0 saturated heterocycles. The first kappa shape index (κ1) is 27.5. The summed E-state index contributed by atoms with van der Waals surface area (Å²) < 4.78 is 49.3. The Kier molecular flexibility index (Phi) is 9.12. The number of ether oxygens (including phenoxy) is 2. The SMILES string of the molecule is COc1cc(C)c(C=C/C(C)=C/C=C/C(C)=C/C(=O)Oc2ccc(N)c(C(F)(F)F)c2)c(C)c1C. The summed E-state index contributed by atoms with van der Waals surface area (Å²) in [4.78, 5) is 12.1. The Morgan fingerprint density at radius 3 is 2.31 bits per heavy atom. The van der Waals surface area contributed by atoms with Crippen LogP contribution in [0.5, 0.6) is 11.5 Å². The smallest absolute Gasteiger partial charge is 0.418 e. The van der Waals surface area contributed by atoms with E-state index in [1.165, 1.54) is 12.1 Å². The van der Waals surface area contributed by atoms with Gasteiger partial charge < -0.3 is 15.2 Å². The van der Waals surface area contributed by atoms with Crippen LogP contribution in [0.1, 0.15) is 41.7 Å². The number of benzene rings is 2. The second-order valence-electron chi connectivity index (χ2n) is 8.22. The van der Waals surface area contributed by atoms with Gasteiger partial charge >= 0.3 is 12.1 Å². The first-order valence-electron chi connectivity index (χ1n) is 10.9. The number of halogens is 3. The molecular weight excluding hydrogens is 455 g/mol. The molecule has 0 atom stereocenters. The van der Waals surface area contributed by atoms with E-state index in [1.807, 2.05) is 39.0 Å². The average Bonchev–Trinajstić information content (AvgIpc) is 2.76. The Labute approximate surface area is 204 Å². The highest BCUT2D eigenvalue weighted by Gasteiger charge is 2.33. The minimum atomic E-state index is -4.64. The molecule has 0 aliphatic heterocycles. The van der Waals surface area contributed by atoms with E-state index in [-0.39, 0.29) is 5.75 Å². The largest absolute Gasteiger partial charge is 0.496 e. The minimum absolute atomic E-state index is 0.232. The Hall–Kier alpha value is -3.74. The fraction of sp³-hybridized carbons (Fsp3) is 0.250. The maximum Gasteiger partial charge on any atom is 0.418 e. The molecule has 186 valence electrons. The molecule has 0 amide bonds. The lowest BCUT2D eigenvalue weighted by molar-refractivity contribution is -0.137. The van der Waals surface area contributed by atoms with E-state index in [2.05, 4.69) is 13.0 Å². The molecular formula is C28H30F3NO3. The third-order valence-corrected chi connectivity index (χ3v) is 5.45. The molecule has 7 heteroatoms. The lowest BCUT2D eigenvalue weighted by atomic mass is 9.96. The van der Waals surface area contributed by atoms with Gasteiger partial charge in [-0.25, -0.2) is 4.79 Å². The number of methoxy groups -OCH3 is 1. The zero-order chi connectivity index (χ0) is 26.3. The van der Waals surface area contributed by atoms with Crippen molar-refractivity contribution in [3.05, 3.63) is 93.6 Å². The van der Waals surface area contributed by atoms with Crippen molar-refractivity contribution in [3.8, 4) is 11.5 Å². The van der Waals surface area contributed by atoms with E-state index in [1.54, 1.807) is 26.2 Å². The molecule has 4 nitrogen and oxygen atoms in total. The summed E-state index contributed by atoms with van der Waals surface area (Å²) in [6.45, 7) is 9.77. The number of hydrogen-bond acceptors (Lipinski definition) is 4. The summed E-state index contributed by atoms with van der Waals surface area (Å²) in [5.41, 5.74) is 9.94. The highest BCUT2D eigenvalue weighted by Crippen LogP contribution is 2.35. The van der Waals surface area contributed by atoms with Crippen LogP contribution in [0.2, 0.25) is 0 Å². The Bertz CT molecular complexity index is 1220. The summed E-state index contributed by atoms with van der Waals surface area (Å²) in [6.07, 6.45) is 5.99. The Balaban J connectivity index is 2.07. The van der Waals surface area contributed by atoms with Gasteiger partial charge in [-0.1, -0.05) is 36.0 Å². The van der Waals surface area contributed by atoms with Crippen molar-refractivity contribution in [1.29, 1.82) is 0 Å². The van der Waals surface area contributed by atoms with Crippen molar-refractivity contribution in [3.63, 3.8) is 0 Å². The van der Waals surface area contributed by atoms with E-state index in [9.17, 15) is 18.0 Å². The van der Waals surface area contributed by atoms with E-state index in [4.69, 9.17) is 15.2 Å². The number of alkyl halides is 3. The first-order valence-corrected chi connectivity index (χ1v) is 10.9. The number of hydrogen-bond donors (Lipinski definition) is 1. The molecule has 0 heterocycles. The second kappa shape index (κ2) is 11.6. The number of allylic oxidation sites excluding steroid dienone is 6. The minimum Gasteiger partial charge on any atom is -0.496 e. The van der Waals surface area contributed by atoms with Crippen molar-refractivity contribution in [1.82, 2.24) is 0 Å². The molecule has 0 saturated carbocycles. The number of carbonyl (C=O) groups excluding carboxylic acids is 1. The highest BCUT2D eigenvalue weighted by atomic mass is 19.4. The molecule has 35 heavy (non-hydrogen) atoms. The summed E-state index contributed by atoms with van der Waals surface area (Å²) in [6, 6.07) is 4.99. The molecule has 2 aromatic carbocycles. The number of rotatable bonds is 7. The van der Waals surface area contributed by atoms with Crippen LogP contribution in [0.15, 0.2) is 65.8 Å². The highest BCUT2D eigenvalue weighted by molar-refractivity contribution is 5.85. The number of nitrogens with two attached hydrogens (primary N) is 1. The average molecular weight is 486 g/mol. The van der Waals surface area contributed by atoms with Crippen molar-refractivity contribution in [2.45, 2.75) is 40.8 Å². The van der Waals surface area contributed by atoms with Crippen molar-refractivity contribution >= 4 is 17.7 Å². The van der Waals surface area contributed by atoms with Crippen LogP contribution < -0.4 is 15.2 Å². The van der Waals surface area contributed by atoms with Crippen LogP contribution in [0.25, 0.3) is 6.08 Å². The van der Waals surface area contributed by atoms with Crippen molar-refractivity contribution in [2.75, 3.05) is 12.8 Å². The van der Waals surface area contributed by atoms with Crippen LogP contribution in [0.4, 0.5) is 18.9 Å². The van der Waals surface area contributed by atoms with Gasteiger partial charge in [-0.05, 0) is 86.7 Å². The molecule has 0 fully saturated rings. The number of nitrogen functional groups attached to an aromatic ring is 1. The number of esters is 1. The van der Waals surface area contributed by atoms with Gasteiger partial charge in [0.15, 0.2) is 0 Å². The predicted octanol–water partition coefficient (Wildman–Crippen LogP) is 7.29. The first-order chi connectivity index (χ1) is 16.3. The zero-order valence-electron chi connectivity index (χ0n) is 20.7. The van der Waals surface area contributed by atoms with Crippen molar-refractivity contribution in [2.24, 2.45) is 0 Å². The van der Waals surface area contributed by atoms with Crippen molar-refractivity contribution < 1.29 is 27.4 Å². The van der Waals surface area contributed by atoms with Gasteiger partial charge in [0.25, 0.3) is 0 Å². The molecule has 0 aromatic heterocycles.